The van der Waals surface area contributed by atoms with Gasteiger partial charge < -0.3 is 9.15 Å². The van der Waals surface area contributed by atoms with Crippen LogP contribution in [0, 0.1) is 12.8 Å². The molecule has 0 radical (unpaired) electrons. The van der Waals surface area contributed by atoms with Gasteiger partial charge in [-0.2, -0.15) is 4.31 Å². The van der Waals surface area contributed by atoms with Crippen molar-refractivity contribution in [1.29, 1.82) is 0 Å². The van der Waals surface area contributed by atoms with E-state index >= 15 is 0 Å². The second-order valence-electron chi connectivity index (χ2n) is 7.62. The summed E-state index contributed by atoms with van der Waals surface area (Å²) in [4.78, 5) is 12.8. The highest BCUT2D eigenvalue weighted by molar-refractivity contribution is 7.89. The van der Waals surface area contributed by atoms with Crippen molar-refractivity contribution < 1.29 is 22.4 Å². The summed E-state index contributed by atoms with van der Waals surface area (Å²) < 4.78 is 37.8. The molecule has 1 aliphatic heterocycles. The molecule has 0 atom stereocenters. The maximum Gasteiger partial charge on any atom is 0.322 e. The van der Waals surface area contributed by atoms with Gasteiger partial charge >= 0.3 is 6.01 Å². The Morgan fingerprint density at radius 3 is 2.34 bits per heavy atom. The first-order valence-electron chi connectivity index (χ1n) is 10.2. The fourth-order valence-electron chi connectivity index (χ4n) is 3.55. The van der Waals surface area contributed by atoms with Gasteiger partial charge in [0.15, 0.2) is 0 Å². The Kier molecular flexibility index (Phi) is 6.24. The molecule has 2 aromatic carbocycles. The molecular formula is C22H24N4O5S. The van der Waals surface area contributed by atoms with Gasteiger partial charge in [-0.05, 0) is 56.2 Å². The number of methoxy groups -OCH3 is 1. The molecule has 1 amide bonds. The number of carbonyl (C=O) groups is 1. The lowest BCUT2D eigenvalue weighted by molar-refractivity contribution is -0.121. The van der Waals surface area contributed by atoms with Crippen molar-refractivity contribution in [1.82, 2.24) is 14.5 Å². The molecule has 4 rings (SSSR count). The number of benzene rings is 2. The SMILES string of the molecule is COc1ccc(S(=O)(=O)N2CCC(C(=O)Nc3nnc(-c4ccc(C)cc4)o3)CC2)cc1. The number of sulfonamides is 1. The van der Waals surface area contributed by atoms with E-state index in [1.54, 1.807) is 12.1 Å². The monoisotopic (exact) mass is 456 g/mol. The normalized spacial score (nSPS) is 15.4. The van der Waals surface area contributed by atoms with Crippen molar-refractivity contribution in [3.05, 3.63) is 54.1 Å². The Morgan fingerprint density at radius 2 is 1.72 bits per heavy atom. The standard InChI is InChI=1S/C22H24N4O5S/c1-15-3-5-17(6-4-15)21-24-25-22(31-21)23-20(27)16-11-13-26(14-12-16)32(28,29)19-9-7-18(30-2)8-10-19/h3-10,16H,11-14H2,1-2H3,(H,23,25,27). The number of piperidine rings is 1. The molecule has 2 heterocycles. The molecule has 10 heteroatoms. The molecule has 9 nitrogen and oxygen atoms in total. The van der Waals surface area contributed by atoms with Gasteiger partial charge in [-0.25, -0.2) is 8.42 Å². The Labute approximate surface area is 186 Å². The van der Waals surface area contributed by atoms with E-state index in [1.165, 1.54) is 23.5 Å². The van der Waals surface area contributed by atoms with E-state index in [0.29, 0.717) is 24.5 Å². The van der Waals surface area contributed by atoms with Gasteiger partial charge in [0.1, 0.15) is 5.75 Å². The quantitative estimate of drug-likeness (QED) is 0.606. The number of hydrogen-bond acceptors (Lipinski definition) is 7. The number of aromatic nitrogens is 2. The minimum atomic E-state index is -3.62. The molecule has 0 saturated carbocycles. The fourth-order valence-corrected chi connectivity index (χ4v) is 5.02. The molecule has 0 aliphatic carbocycles. The van der Waals surface area contributed by atoms with Crippen LogP contribution in [0.3, 0.4) is 0 Å². The Morgan fingerprint density at radius 1 is 1.06 bits per heavy atom. The summed E-state index contributed by atoms with van der Waals surface area (Å²) in [6, 6.07) is 13.9. The van der Waals surface area contributed by atoms with Gasteiger partial charge in [-0.1, -0.05) is 22.8 Å². The molecule has 1 aliphatic rings. The van der Waals surface area contributed by atoms with Gasteiger partial charge in [0.2, 0.25) is 21.8 Å². The molecule has 0 unspecified atom stereocenters. The molecule has 1 N–H and O–H groups in total. The minimum absolute atomic E-state index is 0.0267. The van der Waals surface area contributed by atoms with Crippen LogP contribution in [-0.4, -0.2) is 49.0 Å². The number of nitrogens with one attached hydrogen (secondary N) is 1. The largest absolute Gasteiger partial charge is 0.497 e. The Bertz CT molecular complexity index is 1180. The van der Waals surface area contributed by atoms with E-state index < -0.39 is 10.0 Å². The molecular weight excluding hydrogens is 432 g/mol. The third-order valence-electron chi connectivity index (χ3n) is 5.48. The Hall–Kier alpha value is -3.24. The summed E-state index contributed by atoms with van der Waals surface area (Å²) in [6.45, 7) is 2.49. The zero-order valence-corrected chi connectivity index (χ0v) is 18.6. The zero-order valence-electron chi connectivity index (χ0n) is 17.8. The minimum Gasteiger partial charge on any atom is -0.497 e. The van der Waals surface area contributed by atoms with Crippen LogP contribution in [0.15, 0.2) is 57.8 Å². The van der Waals surface area contributed by atoms with E-state index in [-0.39, 0.29) is 35.8 Å². The van der Waals surface area contributed by atoms with Gasteiger partial charge in [-0.3, -0.25) is 10.1 Å². The second-order valence-corrected chi connectivity index (χ2v) is 9.56. The number of aryl methyl sites for hydroxylation is 1. The van der Waals surface area contributed by atoms with E-state index in [1.807, 2.05) is 31.2 Å². The first-order valence-corrected chi connectivity index (χ1v) is 11.7. The summed E-state index contributed by atoms with van der Waals surface area (Å²) in [7, 11) is -2.10. The highest BCUT2D eigenvalue weighted by Gasteiger charge is 2.32. The van der Waals surface area contributed by atoms with Crippen LogP contribution in [0.4, 0.5) is 6.01 Å². The highest BCUT2D eigenvalue weighted by Crippen LogP contribution is 2.26. The lowest BCUT2D eigenvalue weighted by Gasteiger charge is -2.30. The van der Waals surface area contributed by atoms with Gasteiger partial charge in [-0.15, -0.1) is 5.10 Å². The molecule has 0 bridgehead atoms. The lowest BCUT2D eigenvalue weighted by Crippen LogP contribution is -2.41. The van der Waals surface area contributed by atoms with Crippen LogP contribution in [0.2, 0.25) is 0 Å². The Balaban J connectivity index is 1.35. The maximum atomic E-state index is 12.9. The summed E-state index contributed by atoms with van der Waals surface area (Å²) in [6.07, 6.45) is 0.806. The molecule has 32 heavy (non-hydrogen) atoms. The smallest absolute Gasteiger partial charge is 0.322 e. The first-order chi connectivity index (χ1) is 15.4. The summed E-state index contributed by atoms with van der Waals surface area (Å²) >= 11 is 0. The summed E-state index contributed by atoms with van der Waals surface area (Å²) in [5.74, 6) is 0.309. The summed E-state index contributed by atoms with van der Waals surface area (Å²) in [5.41, 5.74) is 1.88. The second kappa shape index (κ2) is 9.09. The molecule has 1 aromatic heterocycles. The zero-order chi connectivity index (χ0) is 22.7. The predicted molar refractivity (Wildman–Crippen MR) is 118 cm³/mol. The van der Waals surface area contributed by atoms with Crippen LogP contribution in [0.1, 0.15) is 18.4 Å². The highest BCUT2D eigenvalue weighted by atomic mass is 32.2. The molecule has 0 spiro atoms. The number of rotatable bonds is 6. The third-order valence-corrected chi connectivity index (χ3v) is 7.39. The van der Waals surface area contributed by atoms with E-state index in [9.17, 15) is 13.2 Å². The van der Waals surface area contributed by atoms with Crippen LogP contribution in [-0.2, 0) is 14.8 Å². The number of hydrogen-bond donors (Lipinski definition) is 1. The maximum absolute atomic E-state index is 12.9. The predicted octanol–water partition coefficient (Wildman–Crippen LogP) is 3.09. The molecule has 1 fully saturated rings. The van der Waals surface area contributed by atoms with Gasteiger partial charge in [0.05, 0.1) is 12.0 Å². The van der Waals surface area contributed by atoms with Crippen molar-refractivity contribution in [3.63, 3.8) is 0 Å². The van der Waals surface area contributed by atoms with Crippen LogP contribution < -0.4 is 10.1 Å². The van der Waals surface area contributed by atoms with Crippen molar-refractivity contribution in [2.45, 2.75) is 24.7 Å². The number of amides is 1. The summed E-state index contributed by atoms with van der Waals surface area (Å²) in [5, 5.41) is 10.5. The van der Waals surface area contributed by atoms with Crippen molar-refractivity contribution in [2.24, 2.45) is 5.92 Å². The van der Waals surface area contributed by atoms with Crippen molar-refractivity contribution in [3.8, 4) is 17.2 Å². The molecule has 1 saturated heterocycles. The lowest BCUT2D eigenvalue weighted by atomic mass is 9.97. The number of anilines is 1. The van der Waals surface area contributed by atoms with Crippen LogP contribution >= 0.6 is 0 Å². The van der Waals surface area contributed by atoms with Crippen LogP contribution in [0.5, 0.6) is 5.75 Å². The van der Waals surface area contributed by atoms with E-state index in [4.69, 9.17) is 9.15 Å². The van der Waals surface area contributed by atoms with Crippen molar-refractivity contribution >= 4 is 21.9 Å². The number of ether oxygens (including phenoxy) is 1. The number of nitrogens with zero attached hydrogens (tertiary/aromatic N) is 3. The topological polar surface area (TPSA) is 115 Å². The van der Waals surface area contributed by atoms with E-state index in [2.05, 4.69) is 15.5 Å². The number of carbonyl (C=O) groups excluding carboxylic acids is 1. The average Bonchev–Trinajstić information content (AvgIpc) is 3.28. The third kappa shape index (κ3) is 4.66. The molecule has 168 valence electrons. The van der Waals surface area contributed by atoms with Gasteiger partial charge in [0.25, 0.3) is 0 Å². The first kappa shape index (κ1) is 22.0. The van der Waals surface area contributed by atoms with Gasteiger partial charge in [0, 0.05) is 24.6 Å². The van der Waals surface area contributed by atoms with Crippen LogP contribution in [0.25, 0.3) is 11.5 Å². The molecule has 3 aromatic rings. The average molecular weight is 457 g/mol. The van der Waals surface area contributed by atoms with E-state index in [0.717, 1.165) is 11.1 Å². The fraction of sp³-hybridized carbons (Fsp3) is 0.318. The van der Waals surface area contributed by atoms with Crippen molar-refractivity contribution in [2.75, 3.05) is 25.5 Å².